The Bertz CT molecular complexity index is 798. The molecule has 1 amide bonds. The molecule has 0 saturated carbocycles. The van der Waals surface area contributed by atoms with Gasteiger partial charge in [0.1, 0.15) is 6.10 Å². The molecule has 0 fully saturated rings. The summed E-state index contributed by atoms with van der Waals surface area (Å²) in [7, 11) is 0. The molecule has 0 bridgehead atoms. The number of nitrogens with one attached hydrogen (secondary N) is 1. The second kappa shape index (κ2) is 8.08. The molecule has 0 radical (unpaired) electrons. The van der Waals surface area contributed by atoms with Crippen molar-refractivity contribution in [2.75, 3.05) is 6.54 Å². The van der Waals surface area contributed by atoms with E-state index in [-0.39, 0.29) is 5.91 Å². The fourth-order valence-electron chi connectivity index (χ4n) is 2.56. The number of fused-ring (bicyclic) bond motifs is 1. The van der Waals surface area contributed by atoms with Gasteiger partial charge >= 0.3 is 0 Å². The zero-order valence-electron chi connectivity index (χ0n) is 13.7. The zero-order chi connectivity index (χ0) is 16.8. The Kier molecular flexibility index (Phi) is 5.62. The van der Waals surface area contributed by atoms with Crippen molar-refractivity contribution in [2.24, 2.45) is 0 Å². The predicted octanol–water partition coefficient (Wildman–Crippen LogP) is 4.17. The van der Waals surface area contributed by atoms with Crippen LogP contribution in [0.25, 0.3) is 10.1 Å². The molecule has 3 aromatic rings. The zero-order valence-corrected chi connectivity index (χ0v) is 14.5. The minimum atomic E-state index is -0.454. The van der Waals surface area contributed by atoms with Gasteiger partial charge in [-0.25, -0.2) is 0 Å². The van der Waals surface area contributed by atoms with Crippen molar-refractivity contribution < 1.29 is 9.53 Å². The molecule has 2 aromatic carbocycles. The van der Waals surface area contributed by atoms with Crippen LogP contribution >= 0.6 is 11.3 Å². The van der Waals surface area contributed by atoms with E-state index in [1.165, 1.54) is 15.6 Å². The lowest BCUT2D eigenvalue weighted by molar-refractivity contribution is -0.132. The Morgan fingerprint density at radius 2 is 1.88 bits per heavy atom. The maximum absolute atomic E-state index is 12.1. The number of carbonyl (C=O) groups excluding carboxylic acids is 1. The molecule has 1 aromatic heterocycles. The first kappa shape index (κ1) is 16.7. The van der Waals surface area contributed by atoms with E-state index < -0.39 is 6.10 Å². The Labute approximate surface area is 146 Å². The number of carbonyl (C=O) groups is 1. The topological polar surface area (TPSA) is 38.3 Å². The van der Waals surface area contributed by atoms with Crippen LogP contribution in [0, 0.1) is 0 Å². The number of amides is 1. The first-order chi connectivity index (χ1) is 11.7. The van der Waals surface area contributed by atoms with E-state index in [0.29, 0.717) is 13.2 Å². The standard InChI is InChI=1S/C20H21NO2S/c1-15(23-13-16-7-3-2-4-8-16)20(22)21-12-11-17-14-24-19-10-6-5-9-18(17)19/h2-10,14-15H,11-13H2,1H3,(H,21,22). The van der Waals surface area contributed by atoms with Crippen molar-refractivity contribution in [3.63, 3.8) is 0 Å². The third-order valence-electron chi connectivity index (χ3n) is 3.97. The molecular formula is C20H21NO2S. The summed E-state index contributed by atoms with van der Waals surface area (Å²) < 4.78 is 6.93. The van der Waals surface area contributed by atoms with Gasteiger partial charge in [-0.05, 0) is 41.3 Å². The van der Waals surface area contributed by atoms with Gasteiger partial charge in [-0.1, -0.05) is 48.5 Å². The average molecular weight is 339 g/mol. The minimum Gasteiger partial charge on any atom is -0.364 e. The number of rotatable bonds is 7. The van der Waals surface area contributed by atoms with E-state index >= 15 is 0 Å². The van der Waals surface area contributed by atoms with Gasteiger partial charge in [-0.3, -0.25) is 4.79 Å². The van der Waals surface area contributed by atoms with Crippen molar-refractivity contribution in [1.82, 2.24) is 5.32 Å². The molecule has 3 nitrogen and oxygen atoms in total. The lowest BCUT2D eigenvalue weighted by Gasteiger charge is -2.13. The molecule has 1 atom stereocenters. The van der Waals surface area contributed by atoms with Crippen LogP contribution in [0.15, 0.2) is 60.0 Å². The van der Waals surface area contributed by atoms with Crippen LogP contribution in [-0.2, 0) is 22.6 Å². The Morgan fingerprint density at radius 1 is 1.12 bits per heavy atom. The van der Waals surface area contributed by atoms with Crippen LogP contribution in [0.4, 0.5) is 0 Å². The van der Waals surface area contributed by atoms with Gasteiger partial charge in [0.15, 0.2) is 0 Å². The van der Waals surface area contributed by atoms with Crippen LogP contribution in [0.1, 0.15) is 18.1 Å². The van der Waals surface area contributed by atoms with Crippen LogP contribution in [0.2, 0.25) is 0 Å². The van der Waals surface area contributed by atoms with Gasteiger partial charge in [-0.15, -0.1) is 11.3 Å². The SMILES string of the molecule is CC(OCc1ccccc1)C(=O)NCCc1csc2ccccc12. The lowest BCUT2D eigenvalue weighted by Crippen LogP contribution is -2.35. The molecule has 1 N–H and O–H groups in total. The largest absolute Gasteiger partial charge is 0.364 e. The molecule has 0 spiro atoms. The van der Waals surface area contributed by atoms with E-state index in [1.54, 1.807) is 18.3 Å². The highest BCUT2D eigenvalue weighted by molar-refractivity contribution is 7.17. The fraction of sp³-hybridized carbons (Fsp3) is 0.250. The monoisotopic (exact) mass is 339 g/mol. The first-order valence-corrected chi connectivity index (χ1v) is 9.00. The van der Waals surface area contributed by atoms with E-state index in [2.05, 4.69) is 35.0 Å². The third-order valence-corrected chi connectivity index (χ3v) is 4.98. The molecule has 24 heavy (non-hydrogen) atoms. The van der Waals surface area contributed by atoms with Crippen LogP contribution < -0.4 is 5.32 Å². The highest BCUT2D eigenvalue weighted by Gasteiger charge is 2.13. The number of ether oxygens (including phenoxy) is 1. The van der Waals surface area contributed by atoms with E-state index in [4.69, 9.17) is 4.74 Å². The molecule has 0 aliphatic carbocycles. The molecule has 3 rings (SSSR count). The summed E-state index contributed by atoms with van der Waals surface area (Å²) in [5.74, 6) is -0.0644. The van der Waals surface area contributed by atoms with Gasteiger partial charge in [0.05, 0.1) is 6.61 Å². The van der Waals surface area contributed by atoms with Crippen molar-refractivity contribution in [3.8, 4) is 0 Å². The predicted molar refractivity (Wildman–Crippen MR) is 99.2 cm³/mol. The molecule has 0 aliphatic heterocycles. The van der Waals surface area contributed by atoms with Crippen LogP contribution in [0.5, 0.6) is 0 Å². The van der Waals surface area contributed by atoms with Crippen molar-refractivity contribution >= 4 is 27.3 Å². The molecular weight excluding hydrogens is 318 g/mol. The maximum atomic E-state index is 12.1. The highest BCUT2D eigenvalue weighted by Crippen LogP contribution is 2.25. The summed E-state index contributed by atoms with van der Waals surface area (Å²) in [5, 5.41) is 6.42. The summed E-state index contributed by atoms with van der Waals surface area (Å²) in [4.78, 5) is 12.1. The van der Waals surface area contributed by atoms with Crippen molar-refractivity contribution in [2.45, 2.75) is 26.1 Å². The second-order valence-electron chi connectivity index (χ2n) is 5.74. The van der Waals surface area contributed by atoms with Gasteiger partial charge in [0.25, 0.3) is 0 Å². The summed E-state index contributed by atoms with van der Waals surface area (Å²) in [5.41, 5.74) is 2.36. The normalized spacial score (nSPS) is 12.2. The van der Waals surface area contributed by atoms with Crippen molar-refractivity contribution in [3.05, 3.63) is 71.1 Å². The molecule has 0 aliphatic rings. The smallest absolute Gasteiger partial charge is 0.248 e. The molecule has 1 heterocycles. The Balaban J connectivity index is 1.45. The Hall–Kier alpha value is -2.17. The van der Waals surface area contributed by atoms with E-state index in [9.17, 15) is 4.79 Å². The first-order valence-electron chi connectivity index (χ1n) is 8.12. The van der Waals surface area contributed by atoms with Gasteiger partial charge in [0, 0.05) is 11.2 Å². The van der Waals surface area contributed by atoms with Crippen molar-refractivity contribution in [1.29, 1.82) is 0 Å². The number of thiophene rings is 1. The minimum absolute atomic E-state index is 0.0644. The van der Waals surface area contributed by atoms with Crippen LogP contribution in [-0.4, -0.2) is 18.6 Å². The lowest BCUT2D eigenvalue weighted by atomic mass is 10.1. The van der Waals surface area contributed by atoms with Gasteiger partial charge in [-0.2, -0.15) is 0 Å². The van der Waals surface area contributed by atoms with E-state index in [1.807, 2.05) is 30.3 Å². The quantitative estimate of drug-likeness (QED) is 0.702. The number of hydrogen-bond acceptors (Lipinski definition) is 3. The maximum Gasteiger partial charge on any atom is 0.248 e. The Morgan fingerprint density at radius 3 is 2.71 bits per heavy atom. The summed E-state index contributed by atoms with van der Waals surface area (Å²) in [6.45, 7) is 2.86. The summed E-state index contributed by atoms with van der Waals surface area (Å²) >= 11 is 1.75. The molecule has 4 heteroatoms. The number of hydrogen-bond donors (Lipinski definition) is 1. The van der Waals surface area contributed by atoms with E-state index in [0.717, 1.165) is 12.0 Å². The molecule has 124 valence electrons. The second-order valence-corrected chi connectivity index (χ2v) is 6.65. The molecule has 0 saturated heterocycles. The van der Waals surface area contributed by atoms with Crippen LogP contribution in [0.3, 0.4) is 0 Å². The van der Waals surface area contributed by atoms with Gasteiger partial charge < -0.3 is 10.1 Å². The summed E-state index contributed by atoms with van der Waals surface area (Å²) in [6, 6.07) is 18.2. The average Bonchev–Trinajstić information content (AvgIpc) is 3.04. The molecule has 1 unspecified atom stereocenters. The third kappa shape index (κ3) is 4.22. The number of benzene rings is 2. The highest BCUT2D eigenvalue weighted by atomic mass is 32.1. The fourth-order valence-corrected chi connectivity index (χ4v) is 3.56. The summed E-state index contributed by atoms with van der Waals surface area (Å²) in [6.07, 6.45) is 0.380. The van der Waals surface area contributed by atoms with Gasteiger partial charge in [0.2, 0.25) is 5.91 Å².